The van der Waals surface area contributed by atoms with E-state index in [1.165, 1.54) is 4.90 Å². The maximum Gasteiger partial charge on any atom is 0.244 e. The summed E-state index contributed by atoms with van der Waals surface area (Å²) in [6, 6.07) is 13.3. The molecule has 35 heavy (non-hydrogen) atoms. The number of nitrogens with one attached hydrogen (secondary N) is 1. The number of rotatable bonds is 10. The first-order valence-corrected chi connectivity index (χ1v) is 13.9. The topological polar surface area (TPSA) is 86.8 Å². The van der Waals surface area contributed by atoms with E-state index < -0.39 is 28.5 Å². The number of carbonyl (C=O) groups excluding carboxylic acids is 2. The molecule has 1 N–H and O–H groups in total. The molecule has 1 atom stereocenters. The molecule has 0 heterocycles. The Kier molecular flexibility index (Phi) is 9.75. The predicted octanol–water partition coefficient (Wildman–Crippen LogP) is 4.35. The van der Waals surface area contributed by atoms with Gasteiger partial charge in [-0.1, -0.05) is 63.6 Å². The zero-order valence-electron chi connectivity index (χ0n) is 21.3. The Hall–Kier alpha value is -2.58. The third-order valence-corrected chi connectivity index (χ3v) is 7.03. The number of halogens is 1. The minimum absolute atomic E-state index is 0.0979. The third-order valence-electron chi connectivity index (χ3n) is 5.66. The van der Waals surface area contributed by atoms with Gasteiger partial charge in [0.25, 0.3) is 0 Å². The Balaban J connectivity index is 2.38. The smallest absolute Gasteiger partial charge is 0.244 e. The number of anilines is 1. The van der Waals surface area contributed by atoms with Crippen LogP contribution in [0.25, 0.3) is 0 Å². The second-order valence-corrected chi connectivity index (χ2v) is 12.0. The van der Waals surface area contributed by atoms with Crippen molar-refractivity contribution in [2.24, 2.45) is 0 Å². The van der Waals surface area contributed by atoms with Gasteiger partial charge in [-0.05, 0) is 54.2 Å². The standard InChI is InChI=1S/C26H36ClN3O4S/c1-7-15-28-25(32)19(2)29(17-20-9-8-10-22(27)16-20)24(31)18-30(35(6,33)34)23-13-11-21(12-14-23)26(3,4)5/h8-14,16,19H,7,15,17-18H2,1-6H3,(H,28,32). The van der Waals surface area contributed by atoms with Gasteiger partial charge < -0.3 is 10.2 Å². The van der Waals surface area contributed by atoms with Gasteiger partial charge in [0, 0.05) is 18.1 Å². The van der Waals surface area contributed by atoms with Gasteiger partial charge in [0.15, 0.2) is 0 Å². The second kappa shape index (κ2) is 11.9. The lowest BCUT2D eigenvalue weighted by molar-refractivity contribution is -0.139. The normalized spacial score (nSPS) is 12.7. The highest BCUT2D eigenvalue weighted by Crippen LogP contribution is 2.26. The van der Waals surface area contributed by atoms with Crippen LogP contribution >= 0.6 is 11.6 Å². The summed E-state index contributed by atoms with van der Waals surface area (Å²) in [6.07, 6.45) is 1.82. The molecule has 0 aliphatic rings. The lowest BCUT2D eigenvalue weighted by Gasteiger charge is -2.31. The van der Waals surface area contributed by atoms with Crippen molar-refractivity contribution in [2.75, 3.05) is 23.7 Å². The number of hydrogen-bond donors (Lipinski definition) is 1. The summed E-state index contributed by atoms with van der Waals surface area (Å²) < 4.78 is 26.4. The van der Waals surface area contributed by atoms with Gasteiger partial charge in [-0.15, -0.1) is 0 Å². The van der Waals surface area contributed by atoms with E-state index in [0.717, 1.165) is 28.1 Å². The van der Waals surface area contributed by atoms with Crippen LogP contribution in [0.3, 0.4) is 0 Å². The molecule has 0 radical (unpaired) electrons. The van der Waals surface area contributed by atoms with E-state index in [4.69, 9.17) is 11.6 Å². The summed E-state index contributed by atoms with van der Waals surface area (Å²) in [4.78, 5) is 27.6. The second-order valence-electron chi connectivity index (χ2n) is 9.69. The average Bonchev–Trinajstić information content (AvgIpc) is 2.77. The Morgan fingerprint density at radius 3 is 2.23 bits per heavy atom. The van der Waals surface area contributed by atoms with Gasteiger partial charge in [-0.25, -0.2) is 8.42 Å². The van der Waals surface area contributed by atoms with E-state index in [1.807, 2.05) is 25.1 Å². The molecule has 0 aliphatic carbocycles. The van der Waals surface area contributed by atoms with E-state index in [9.17, 15) is 18.0 Å². The summed E-state index contributed by atoms with van der Waals surface area (Å²) in [5.41, 5.74) is 2.07. The number of hydrogen-bond acceptors (Lipinski definition) is 4. The molecule has 0 bridgehead atoms. The van der Waals surface area contributed by atoms with Crippen molar-refractivity contribution in [3.05, 3.63) is 64.7 Å². The summed E-state index contributed by atoms with van der Waals surface area (Å²) in [6.45, 7) is 9.94. The highest BCUT2D eigenvalue weighted by Gasteiger charge is 2.30. The summed E-state index contributed by atoms with van der Waals surface area (Å²) in [5, 5.41) is 3.32. The summed E-state index contributed by atoms with van der Waals surface area (Å²) >= 11 is 6.12. The molecular weight excluding hydrogens is 486 g/mol. The van der Waals surface area contributed by atoms with Gasteiger partial charge in [-0.3, -0.25) is 13.9 Å². The molecule has 0 spiro atoms. The minimum atomic E-state index is -3.77. The molecule has 2 aromatic carbocycles. The van der Waals surface area contributed by atoms with Crippen LogP contribution in [0.4, 0.5) is 5.69 Å². The van der Waals surface area contributed by atoms with Crippen molar-refractivity contribution in [1.82, 2.24) is 10.2 Å². The van der Waals surface area contributed by atoms with Crippen LogP contribution < -0.4 is 9.62 Å². The monoisotopic (exact) mass is 521 g/mol. The fourth-order valence-corrected chi connectivity index (χ4v) is 4.61. The molecule has 192 valence electrons. The molecule has 2 aromatic rings. The first-order valence-electron chi connectivity index (χ1n) is 11.6. The maximum atomic E-state index is 13.5. The van der Waals surface area contributed by atoms with Crippen LogP contribution in [0, 0.1) is 0 Å². The number of sulfonamides is 1. The van der Waals surface area contributed by atoms with E-state index in [-0.39, 0.29) is 17.9 Å². The summed E-state index contributed by atoms with van der Waals surface area (Å²) in [5.74, 6) is -0.794. The summed E-state index contributed by atoms with van der Waals surface area (Å²) in [7, 11) is -3.77. The van der Waals surface area contributed by atoms with Crippen molar-refractivity contribution >= 4 is 39.1 Å². The van der Waals surface area contributed by atoms with Crippen LogP contribution in [0.15, 0.2) is 48.5 Å². The molecule has 0 aliphatic heterocycles. The lowest BCUT2D eigenvalue weighted by atomic mass is 9.87. The van der Waals surface area contributed by atoms with E-state index in [1.54, 1.807) is 37.3 Å². The minimum Gasteiger partial charge on any atom is -0.354 e. The number of amides is 2. The van der Waals surface area contributed by atoms with Crippen molar-refractivity contribution in [1.29, 1.82) is 0 Å². The van der Waals surface area contributed by atoms with Gasteiger partial charge in [-0.2, -0.15) is 0 Å². The SMILES string of the molecule is CCCNC(=O)C(C)N(Cc1cccc(Cl)c1)C(=O)CN(c1ccc(C(C)(C)C)cc1)S(C)(=O)=O. The maximum absolute atomic E-state index is 13.5. The van der Waals surface area contributed by atoms with E-state index in [0.29, 0.717) is 17.3 Å². The van der Waals surface area contributed by atoms with Gasteiger partial charge >= 0.3 is 0 Å². The Morgan fingerprint density at radius 1 is 1.09 bits per heavy atom. The Bertz CT molecular complexity index is 1130. The number of benzene rings is 2. The Labute approximate surface area is 214 Å². The zero-order chi connectivity index (χ0) is 26.4. The predicted molar refractivity (Wildman–Crippen MR) is 142 cm³/mol. The molecular formula is C26H36ClN3O4S. The molecule has 0 saturated carbocycles. The van der Waals surface area contributed by atoms with Crippen LogP contribution in [0.1, 0.15) is 52.2 Å². The average molecular weight is 522 g/mol. The fraction of sp³-hybridized carbons (Fsp3) is 0.462. The molecule has 0 aromatic heterocycles. The van der Waals surface area contributed by atoms with Crippen molar-refractivity contribution in [2.45, 2.75) is 59.0 Å². The third kappa shape index (κ3) is 8.25. The van der Waals surface area contributed by atoms with Crippen molar-refractivity contribution in [3.8, 4) is 0 Å². The van der Waals surface area contributed by atoms with E-state index in [2.05, 4.69) is 26.1 Å². The molecule has 2 rings (SSSR count). The highest BCUT2D eigenvalue weighted by molar-refractivity contribution is 7.92. The molecule has 9 heteroatoms. The van der Waals surface area contributed by atoms with Crippen molar-refractivity contribution < 1.29 is 18.0 Å². The molecule has 7 nitrogen and oxygen atoms in total. The van der Waals surface area contributed by atoms with Crippen LogP contribution in [-0.4, -0.2) is 50.5 Å². The van der Waals surface area contributed by atoms with Gasteiger partial charge in [0.2, 0.25) is 21.8 Å². The van der Waals surface area contributed by atoms with Gasteiger partial charge in [0.1, 0.15) is 12.6 Å². The fourth-order valence-electron chi connectivity index (χ4n) is 3.55. The van der Waals surface area contributed by atoms with Gasteiger partial charge in [0.05, 0.1) is 11.9 Å². The first kappa shape index (κ1) is 28.7. The van der Waals surface area contributed by atoms with Crippen molar-refractivity contribution in [3.63, 3.8) is 0 Å². The lowest BCUT2D eigenvalue weighted by Crippen LogP contribution is -2.51. The van der Waals surface area contributed by atoms with Crippen LogP contribution in [-0.2, 0) is 31.6 Å². The molecule has 0 saturated heterocycles. The number of nitrogens with zero attached hydrogens (tertiary/aromatic N) is 2. The first-order chi connectivity index (χ1) is 16.2. The van der Waals surface area contributed by atoms with Crippen LogP contribution in [0.2, 0.25) is 5.02 Å². The highest BCUT2D eigenvalue weighted by atomic mass is 35.5. The zero-order valence-corrected chi connectivity index (χ0v) is 22.9. The quantitative estimate of drug-likeness (QED) is 0.503. The molecule has 0 fully saturated rings. The largest absolute Gasteiger partial charge is 0.354 e. The Morgan fingerprint density at radius 2 is 1.71 bits per heavy atom. The number of carbonyl (C=O) groups is 2. The molecule has 2 amide bonds. The van der Waals surface area contributed by atoms with Crippen LogP contribution in [0.5, 0.6) is 0 Å². The van der Waals surface area contributed by atoms with E-state index >= 15 is 0 Å². The molecule has 1 unspecified atom stereocenters.